The molecule has 0 saturated heterocycles. The molecule has 0 aliphatic rings. The van der Waals surface area contributed by atoms with E-state index in [2.05, 4.69) is 20.9 Å². The molecule has 8 nitrogen and oxygen atoms in total. The molecule has 0 aliphatic heterocycles. The Morgan fingerprint density at radius 3 is 2.18 bits per heavy atom. The van der Waals surface area contributed by atoms with E-state index in [0.717, 1.165) is 16.0 Å². The molecule has 6 rings (SSSR count). The lowest BCUT2D eigenvalue weighted by molar-refractivity contribution is -0.116. The van der Waals surface area contributed by atoms with Gasteiger partial charge >= 0.3 is 0 Å². The second-order valence-electron chi connectivity index (χ2n) is 11.0. The number of hydrogen-bond donors (Lipinski definition) is 3. The molecule has 1 atom stereocenters. The highest BCUT2D eigenvalue weighted by molar-refractivity contribution is 8.00. The second-order valence-corrected chi connectivity index (χ2v) is 13.1. The van der Waals surface area contributed by atoms with Crippen molar-refractivity contribution in [3.63, 3.8) is 0 Å². The minimum Gasteiger partial charge on any atom is -0.496 e. The van der Waals surface area contributed by atoms with Crippen LogP contribution in [0.15, 0.2) is 149 Å². The lowest BCUT2D eigenvalue weighted by Gasteiger charge is -2.17. The number of benzene rings is 5. The van der Waals surface area contributed by atoms with Crippen molar-refractivity contribution in [2.45, 2.75) is 10.1 Å². The zero-order valence-corrected chi connectivity index (χ0v) is 28.8. The highest BCUT2D eigenvalue weighted by Crippen LogP contribution is 2.37. The van der Waals surface area contributed by atoms with Crippen molar-refractivity contribution >= 4 is 57.7 Å². The Morgan fingerprint density at radius 1 is 0.804 bits per heavy atom. The van der Waals surface area contributed by atoms with Gasteiger partial charge in [-0.25, -0.2) is 9.37 Å². The van der Waals surface area contributed by atoms with E-state index < -0.39 is 17.1 Å². The van der Waals surface area contributed by atoms with Crippen molar-refractivity contribution in [3.05, 3.63) is 167 Å². The van der Waals surface area contributed by atoms with Gasteiger partial charge < -0.3 is 20.7 Å². The molecule has 1 heterocycles. The number of hydrogen-bond acceptors (Lipinski definition) is 7. The first kappa shape index (κ1) is 34.8. The molecule has 3 amide bonds. The Morgan fingerprint density at radius 2 is 1.47 bits per heavy atom. The third-order valence-electron chi connectivity index (χ3n) is 7.55. The summed E-state index contributed by atoms with van der Waals surface area (Å²) in [6.45, 7) is 0. The number of nitrogens with zero attached hydrogens (tertiary/aromatic N) is 1. The highest BCUT2D eigenvalue weighted by atomic mass is 32.2. The minimum absolute atomic E-state index is 0.0254. The Bertz CT molecular complexity index is 2160. The van der Waals surface area contributed by atoms with Crippen LogP contribution in [-0.2, 0) is 9.59 Å². The average molecular weight is 715 g/mol. The first-order valence-electron chi connectivity index (χ1n) is 15.7. The summed E-state index contributed by atoms with van der Waals surface area (Å²) in [5.41, 5.74) is 3.71. The average Bonchev–Trinajstić information content (AvgIpc) is 3.63. The molecule has 5 aromatic carbocycles. The number of carbonyl (C=O) groups excluding carboxylic acids is 3. The fourth-order valence-corrected chi connectivity index (χ4v) is 6.74. The highest BCUT2D eigenvalue weighted by Gasteiger charge is 2.24. The zero-order chi connectivity index (χ0) is 35.6. The molecule has 51 heavy (non-hydrogen) atoms. The maximum atomic E-state index is 13.7. The number of aromatic nitrogens is 1. The van der Waals surface area contributed by atoms with Gasteiger partial charge in [0, 0.05) is 32.7 Å². The summed E-state index contributed by atoms with van der Waals surface area (Å²) in [5.74, 6) is -1.02. The van der Waals surface area contributed by atoms with E-state index in [1.165, 1.54) is 42.3 Å². The predicted octanol–water partition coefficient (Wildman–Crippen LogP) is 8.84. The molecular formula is C40H31FN4O4S2. The maximum absolute atomic E-state index is 13.7. The van der Waals surface area contributed by atoms with Gasteiger partial charge in [0.15, 0.2) is 5.13 Å². The Kier molecular flexibility index (Phi) is 11.3. The molecule has 6 aromatic rings. The standard InChI is InChI=1S/C40H31FN4O4S2/c1-49-35-15-9-8-14-29(35)24-33(43-37(46)28-12-6-3-7-13-28)38(47)42-31-20-22-32(23-21-31)51-36(27-10-4-2-5-11-27)39(48)45-40-44-34(25-50-40)26-16-18-30(41)19-17-26/h2-25,36H,1H3,(H,42,47)(H,43,46)(H,44,45,48)/b33-24-. The number of para-hydroxylation sites is 1. The quantitative estimate of drug-likeness (QED) is 0.0864. The fraction of sp³-hybridized carbons (Fsp3) is 0.0500. The number of carbonyl (C=O) groups is 3. The maximum Gasteiger partial charge on any atom is 0.272 e. The van der Waals surface area contributed by atoms with E-state index in [4.69, 9.17) is 4.74 Å². The van der Waals surface area contributed by atoms with Gasteiger partial charge in [0.05, 0.1) is 12.8 Å². The molecule has 0 bridgehead atoms. The fourth-order valence-electron chi connectivity index (χ4n) is 4.99. The van der Waals surface area contributed by atoms with Crippen LogP contribution < -0.4 is 20.7 Å². The SMILES string of the molecule is COc1ccccc1/C=C(\NC(=O)c1ccccc1)C(=O)Nc1ccc(SC(C(=O)Nc2nc(-c3ccc(F)cc3)cs2)c2ccccc2)cc1. The van der Waals surface area contributed by atoms with E-state index >= 15 is 0 Å². The lowest BCUT2D eigenvalue weighted by atomic mass is 10.1. The van der Waals surface area contributed by atoms with Crippen molar-refractivity contribution in [2.24, 2.45) is 0 Å². The lowest BCUT2D eigenvalue weighted by Crippen LogP contribution is -2.30. The summed E-state index contributed by atoms with van der Waals surface area (Å²) in [7, 11) is 1.53. The van der Waals surface area contributed by atoms with Crippen LogP contribution in [-0.4, -0.2) is 29.8 Å². The van der Waals surface area contributed by atoms with E-state index in [-0.39, 0.29) is 17.4 Å². The molecule has 0 radical (unpaired) electrons. The van der Waals surface area contributed by atoms with E-state index in [1.54, 1.807) is 72.8 Å². The van der Waals surface area contributed by atoms with Gasteiger partial charge in [-0.2, -0.15) is 0 Å². The summed E-state index contributed by atoms with van der Waals surface area (Å²) >= 11 is 2.63. The molecular weight excluding hydrogens is 684 g/mol. The van der Waals surface area contributed by atoms with Crippen molar-refractivity contribution in [1.29, 1.82) is 0 Å². The molecule has 3 N–H and O–H groups in total. The van der Waals surface area contributed by atoms with Crippen LogP contribution in [0.1, 0.15) is 26.7 Å². The van der Waals surface area contributed by atoms with Crippen LogP contribution in [0.2, 0.25) is 0 Å². The minimum atomic E-state index is -0.617. The number of methoxy groups -OCH3 is 1. The van der Waals surface area contributed by atoms with E-state index in [9.17, 15) is 18.8 Å². The Balaban J connectivity index is 1.18. The number of nitrogens with one attached hydrogen (secondary N) is 3. The third-order valence-corrected chi connectivity index (χ3v) is 9.57. The van der Waals surface area contributed by atoms with Crippen molar-refractivity contribution in [3.8, 4) is 17.0 Å². The molecule has 254 valence electrons. The van der Waals surface area contributed by atoms with Crippen LogP contribution in [0.3, 0.4) is 0 Å². The van der Waals surface area contributed by atoms with Gasteiger partial charge in [0.25, 0.3) is 11.8 Å². The second kappa shape index (κ2) is 16.6. The zero-order valence-electron chi connectivity index (χ0n) is 27.2. The summed E-state index contributed by atoms with van der Waals surface area (Å²) in [6, 6.07) is 38.3. The van der Waals surface area contributed by atoms with Gasteiger partial charge in [-0.3, -0.25) is 14.4 Å². The number of rotatable bonds is 12. The van der Waals surface area contributed by atoms with E-state index in [0.29, 0.717) is 33.4 Å². The van der Waals surface area contributed by atoms with Crippen LogP contribution in [0.25, 0.3) is 17.3 Å². The number of thioether (sulfide) groups is 1. The topological polar surface area (TPSA) is 109 Å². The van der Waals surface area contributed by atoms with Crippen molar-refractivity contribution in [1.82, 2.24) is 10.3 Å². The normalized spacial score (nSPS) is 11.7. The molecule has 1 aromatic heterocycles. The number of amides is 3. The Labute approximate surface area is 302 Å². The summed E-state index contributed by atoms with van der Waals surface area (Å²) < 4.78 is 18.8. The summed E-state index contributed by atoms with van der Waals surface area (Å²) in [6.07, 6.45) is 1.56. The van der Waals surface area contributed by atoms with Crippen LogP contribution in [0.4, 0.5) is 15.2 Å². The summed E-state index contributed by atoms with van der Waals surface area (Å²) in [5, 5.41) is 10.2. The molecule has 0 fully saturated rings. The third kappa shape index (κ3) is 9.15. The number of halogens is 1. The molecule has 0 spiro atoms. The smallest absolute Gasteiger partial charge is 0.272 e. The van der Waals surface area contributed by atoms with Gasteiger partial charge in [-0.05, 0) is 78.4 Å². The molecule has 1 unspecified atom stereocenters. The van der Waals surface area contributed by atoms with Gasteiger partial charge in [-0.1, -0.05) is 66.7 Å². The van der Waals surface area contributed by atoms with Crippen LogP contribution in [0, 0.1) is 5.82 Å². The Hall–Kier alpha value is -6.04. The van der Waals surface area contributed by atoms with Crippen molar-refractivity contribution < 1.29 is 23.5 Å². The first-order valence-corrected chi connectivity index (χ1v) is 17.5. The number of anilines is 2. The molecule has 0 saturated carbocycles. The predicted molar refractivity (Wildman–Crippen MR) is 201 cm³/mol. The molecule has 11 heteroatoms. The summed E-state index contributed by atoms with van der Waals surface area (Å²) in [4.78, 5) is 45.6. The van der Waals surface area contributed by atoms with Crippen LogP contribution >= 0.6 is 23.1 Å². The van der Waals surface area contributed by atoms with E-state index in [1.807, 2.05) is 60.0 Å². The monoisotopic (exact) mass is 714 g/mol. The number of thiazole rings is 1. The van der Waals surface area contributed by atoms with Gasteiger partial charge in [0.1, 0.15) is 22.5 Å². The largest absolute Gasteiger partial charge is 0.496 e. The number of ether oxygens (including phenoxy) is 1. The van der Waals surface area contributed by atoms with Crippen LogP contribution in [0.5, 0.6) is 5.75 Å². The van der Waals surface area contributed by atoms with Gasteiger partial charge in [0.2, 0.25) is 5.91 Å². The first-order chi connectivity index (χ1) is 24.9. The van der Waals surface area contributed by atoms with Gasteiger partial charge in [-0.15, -0.1) is 23.1 Å². The van der Waals surface area contributed by atoms with Crippen molar-refractivity contribution in [2.75, 3.05) is 17.7 Å². The molecule has 0 aliphatic carbocycles.